The zero-order chi connectivity index (χ0) is 10.3. The lowest BCUT2D eigenvalue weighted by Gasteiger charge is -2.07. The van der Waals surface area contributed by atoms with Gasteiger partial charge in [-0.2, -0.15) is 13.2 Å². The number of aromatic amines is 1. The van der Waals surface area contributed by atoms with Crippen molar-refractivity contribution in [2.75, 3.05) is 0 Å². The highest BCUT2D eigenvalue weighted by atomic mass is 79.9. The van der Waals surface area contributed by atoms with Crippen LogP contribution >= 0.6 is 15.9 Å². The Hall–Kier alpha value is -1.04. The van der Waals surface area contributed by atoms with Gasteiger partial charge in [0.15, 0.2) is 0 Å². The minimum Gasteiger partial charge on any atom is -0.359 e. The van der Waals surface area contributed by atoms with E-state index in [0.717, 1.165) is 6.20 Å². The van der Waals surface area contributed by atoms with Gasteiger partial charge >= 0.3 is 6.18 Å². The Morgan fingerprint density at radius 3 is 2.71 bits per heavy atom. The summed E-state index contributed by atoms with van der Waals surface area (Å²) < 4.78 is 37.8. The molecule has 2 heterocycles. The second-order valence-electron chi connectivity index (χ2n) is 2.73. The normalized spacial score (nSPS) is 12.3. The van der Waals surface area contributed by atoms with Gasteiger partial charge in [0, 0.05) is 17.8 Å². The third-order valence-corrected chi connectivity index (χ3v) is 2.46. The number of fused-ring (bicyclic) bond motifs is 1. The van der Waals surface area contributed by atoms with Crippen molar-refractivity contribution in [3.63, 3.8) is 0 Å². The Bertz CT molecular complexity index is 475. The first-order valence-electron chi connectivity index (χ1n) is 3.69. The van der Waals surface area contributed by atoms with E-state index in [1.165, 1.54) is 12.3 Å². The van der Waals surface area contributed by atoms with Crippen LogP contribution in [0.5, 0.6) is 0 Å². The van der Waals surface area contributed by atoms with E-state index in [1.807, 2.05) is 0 Å². The Morgan fingerprint density at radius 2 is 2.07 bits per heavy atom. The molecule has 0 saturated carbocycles. The topological polar surface area (TPSA) is 28.7 Å². The zero-order valence-corrected chi connectivity index (χ0v) is 8.28. The molecule has 0 bridgehead atoms. The third kappa shape index (κ3) is 1.39. The van der Waals surface area contributed by atoms with Gasteiger partial charge in [0.1, 0.15) is 4.60 Å². The molecule has 0 saturated heterocycles. The number of hydrogen-bond acceptors (Lipinski definition) is 1. The van der Waals surface area contributed by atoms with Crippen molar-refractivity contribution in [1.82, 2.24) is 9.97 Å². The molecule has 0 atom stereocenters. The fourth-order valence-corrected chi connectivity index (χ4v) is 1.68. The number of nitrogens with zero attached hydrogens (tertiary/aromatic N) is 1. The molecule has 6 heteroatoms. The Balaban J connectivity index is 2.80. The summed E-state index contributed by atoms with van der Waals surface area (Å²) in [5.41, 5.74) is -0.364. The highest BCUT2D eigenvalue weighted by molar-refractivity contribution is 9.10. The number of alkyl halides is 3. The zero-order valence-electron chi connectivity index (χ0n) is 6.69. The van der Waals surface area contributed by atoms with E-state index in [1.54, 1.807) is 0 Å². The van der Waals surface area contributed by atoms with Crippen LogP contribution < -0.4 is 0 Å². The van der Waals surface area contributed by atoms with Crippen LogP contribution in [0.3, 0.4) is 0 Å². The first kappa shape index (κ1) is 9.51. The summed E-state index contributed by atoms with van der Waals surface area (Å²) in [6.07, 6.45) is -2.10. The highest BCUT2D eigenvalue weighted by Gasteiger charge is 2.33. The van der Waals surface area contributed by atoms with E-state index in [0.29, 0.717) is 10.1 Å². The summed E-state index contributed by atoms with van der Waals surface area (Å²) in [5.74, 6) is 0. The SMILES string of the molecule is FC(F)(F)c1cnc(Br)c2[nH]ccc12. The van der Waals surface area contributed by atoms with Crippen molar-refractivity contribution in [1.29, 1.82) is 0 Å². The molecule has 1 N–H and O–H groups in total. The van der Waals surface area contributed by atoms with Gasteiger partial charge in [0.25, 0.3) is 0 Å². The summed E-state index contributed by atoms with van der Waals surface area (Å²) >= 11 is 3.07. The number of H-pyrrole nitrogens is 1. The molecule has 2 aromatic rings. The lowest BCUT2D eigenvalue weighted by atomic mass is 10.2. The van der Waals surface area contributed by atoms with E-state index in [4.69, 9.17) is 0 Å². The Labute approximate surface area is 85.3 Å². The number of aromatic nitrogens is 2. The number of nitrogens with one attached hydrogen (secondary N) is 1. The van der Waals surface area contributed by atoms with Crippen LogP contribution in [-0.4, -0.2) is 9.97 Å². The summed E-state index contributed by atoms with van der Waals surface area (Å²) in [4.78, 5) is 6.30. The van der Waals surface area contributed by atoms with Gasteiger partial charge in [-0.1, -0.05) is 0 Å². The van der Waals surface area contributed by atoms with Crippen LogP contribution in [0.15, 0.2) is 23.1 Å². The predicted octanol–water partition coefficient (Wildman–Crippen LogP) is 3.34. The number of halogens is 4. The molecule has 0 amide bonds. The van der Waals surface area contributed by atoms with Crippen LogP contribution in [-0.2, 0) is 6.18 Å². The molecule has 2 aromatic heterocycles. The van der Waals surface area contributed by atoms with Crippen molar-refractivity contribution < 1.29 is 13.2 Å². The predicted molar refractivity (Wildman–Crippen MR) is 48.8 cm³/mol. The molecular weight excluding hydrogens is 261 g/mol. The van der Waals surface area contributed by atoms with Gasteiger partial charge in [-0.15, -0.1) is 0 Å². The molecule has 0 aliphatic carbocycles. The molecule has 0 aliphatic heterocycles. The molecule has 2 rings (SSSR count). The van der Waals surface area contributed by atoms with E-state index in [-0.39, 0.29) is 5.39 Å². The van der Waals surface area contributed by atoms with E-state index < -0.39 is 11.7 Å². The molecule has 2 nitrogen and oxygen atoms in total. The quantitative estimate of drug-likeness (QED) is 0.727. The van der Waals surface area contributed by atoms with Crippen LogP contribution in [0, 0.1) is 0 Å². The van der Waals surface area contributed by atoms with Gasteiger partial charge in [0.2, 0.25) is 0 Å². The van der Waals surface area contributed by atoms with Crippen molar-refractivity contribution in [2.45, 2.75) is 6.18 Å². The molecule has 0 aromatic carbocycles. The van der Waals surface area contributed by atoms with Gasteiger partial charge in [-0.3, -0.25) is 0 Å². The summed E-state index contributed by atoms with van der Waals surface area (Å²) in [6, 6.07) is 1.38. The summed E-state index contributed by atoms with van der Waals surface area (Å²) in [7, 11) is 0. The maximum absolute atomic E-state index is 12.5. The Morgan fingerprint density at radius 1 is 1.36 bits per heavy atom. The number of rotatable bonds is 0. The molecule has 74 valence electrons. The summed E-state index contributed by atoms with van der Waals surface area (Å²) in [6.45, 7) is 0. The van der Waals surface area contributed by atoms with Crippen LogP contribution in [0.25, 0.3) is 10.9 Å². The van der Waals surface area contributed by atoms with Crippen molar-refractivity contribution in [3.05, 3.63) is 28.6 Å². The van der Waals surface area contributed by atoms with E-state index in [2.05, 4.69) is 25.9 Å². The van der Waals surface area contributed by atoms with Crippen LogP contribution in [0.2, 0.25) is 0 Å². The third-order valence-electron chi connectivity index (χ3n) is 1.86. The monoisotopic (exact) mass is 264 g/mol. The fourth-order valence-electron chi connectivity index (χ4n) is 1.25. The maximum atomic E-state index is 12.5. The molecule has 14 heavy (non-hydrogen) atoms. The molecule has 0 spiro atoms. The van der Waals surface area contributed by atoms with Gasteiger partial charge < -0.3 is 4.98 Å². The van der Waals surface area contributed by atoms with Crippen LogP contribution in [0.1, 0.15) is 5.56 Å². The second-order valence-corrected chi connectivity index (χ2v) is 3.48. The van der Waals surface area contributed by atoms with Gasteiger partial charge in [-0.05, 0) is 22.0 Å². The van der Waals surface area contributed by atoms with Crippen LogP contribution in [0.4, 0.5) is 13.2 Å². The Kier molecular flexibility index (Phi) is 2.02. The number of pyridine rings is 1. The molecule has 0 unspecified atom stereocenters. The minimum absolute atomic E-state index is 0.124. The molecule has 0 radical (unpaired) electrons. The first-order chi connectivity index (χ1) is 6.50. The highest BCUT2D eigenvalue weighted by Crippen LogP contribution is 2.35. The van der Waals surface area contributed by atoms with Crippen molar-refractivity contribution in [2.24, 2.45) is 0 Å². The fraction of sp³-hybridized carbons (Fsp3) is 0.125. The number of hydrogen-bond donors (Lipinski definition) is 1. The maximum Gasteiger partial charge on any atom is 0.418 e. The average molecular weight is 265 g/mol. The largest absolute Gasteiger partial charge is 0.418 e. The standard InChI is InChI=1S/C8H4BrF3N2/c9-7-6-4(1-2-13-6)5(3-14-7)8(10,11)12/h1-3,13H. The van der Waals surface area contributed by atoms with Crippen molar-refractivity contribution >= 4 is 26.8 Å². The van der Waals surface area contributed by atoms with E-state index >= 15 is 0 Å². The van der Waals surface area contributed by atoms with Gasteiger partial charge in [-0.25, -0.2) is 4.98 Å². The first-order valence-corrected chi connectivity index (χ1v) is 4.48. The summed E-state index contributed by atoms with van der Waals surface area (Å²) in [5, 5.41) is 0.124. The molecular formula is C8H4BrF3N2. The smallest absolute Gasteiger partial charge is 0.359 e. The van der Waals surface area contributed by atoms with Crippen molar-refractivity contribution in [3.8, 4) is 0 Å². The van der Waals surface area contributed by atoms with Gasteiger partial charge in [0.05, 0.1) is 11.1 Å². The van der Waals surface area contributed by atoms with E-state index in [9.17, 15) is 13.2 Å². The second kappa shape index (κ2) is 2.98. The minimum atomic E-state index is -4.37. The average Bonchev–Trinajstić information content (AvgIpc) is 2.50. The molecule has 0 aliphatic rings. The lowest BCUT2D eigenvalue weighted by Crippen LogP contribution is -2.06. The lowest BCUT2D eigenvalue weighted by molar-refractivity contribution is -0.136. The molecule has 0 fully saturated rings.